The van der Waals surface area contributed by atoms with Crippen molar-refractivity contribution < 1.29 is 4.79 Å². The summed E-state index contributed by atoms with van der Waals surface area (Å²) >= 11 is 1.63. The Bertz CT molecular complexity index is 1310. The second-order valence-corrected chi connectivity index (χ2v) is 12.4. The lowest BCUT2D eigenvalue weighted by Gasteiger charge is -2.36. The zero-order chi connectivity index (χ0) is 26.0. The fraction of sp³-hybridized carbons (Fsp3) is 0.484. The van der Waals surface area contributed by atoms with Crippen LogP contribution in [0.3, 0.4) is 0 Å². The van der Waals surface area contributed by atoms with Gasteiger partial charge in [0.25, 0.3) is 0 Å². The van der Waals surface area contributed by atoms with E-state index >= 15 is 0 Å². The monoisotopic (exact) mass is 514 g/mol. The molecule has 194 valence electrons. The third-order valence-corrected chi connectivity index (χ3v) is 9.92. The molecule has 0 bridgehead atoms. The standard InChI is InChI=1S/C31H38N4OS/c1-4-31(2,3)24-12-13-26-27(19-32)30(37-28(26)18-24)33-29(36)21-35-16-14-34(15-17-35)20-23-10-7-9-22-8-5-6-11-25(22)23/h5-11,24H,4,12-18,20-21H2,1-3H3,(H,33,36). The molecule has 1 aromatic heterocycles. The molecule has 1 N–H and O–H groups in total. The van der Waals surface area contributed by atoms with Crippen LogP contribution in [0.4, 0.5) is 5.00 Å². The van der Waals surface area contributed by atoms with Crippen molar-refractivity contribution in [3.63, 3.8) is 0 Å². The van der Waals surface area contributed by atoms with E-state index in [0.29, 0.717) is 23.4 Å². The summed E-state index contributed by atoms with van der Waals surface area (Å²) in [6.45, 7) is 11.9. The molecule has 1 aliphatic carbocycles. The SMILES string of the molecule is CCC(C)(C)C1CCc2c(sc(NC(=O)CN3CCN(Cc4cccc5ccccc45)CC3)c2C#N)C1. The maximum absolute atomic E-state index is 13.0. The molecule has 37 heavy (non-hydrogen) atoms. The summed E-state index contributed by atoms with van der Waals surface area (Å²) in [6.07, 6.45) is 4.24. The molecule has 2 heterocycles. The lowest BCUT2D eigenvalue weighted by Crippen LogP contribution is -2.48. The highest BCUT2D eigenvalue weighted by molar-refractivity contribution is 7.16. The number of carbonyl (C=O) groups is 1. The molecule has 1 saturated heterocycles. The minimum atomic E-state index is -0.0111. The van der Waals surface area contributed by atoms with Crippen LogP contribution in [0, 0.1) is 22.7 Å². The summed E-state index contributed by atoms with van der Waals surface area (Å²) in [5.41, 5.74) is 3.53. The Morgan fingerprint density at radius 3 is 2.59 bits per heavy atom. The van der Waals surface area contributed by atoms with Gasteiger partial charge in [0.1, 0.15) is 11.1 Å². The fourth-order valence-corrected chi connectivity index (χ4v) is 7.19. The average Bonchev–Trinajstić information content (AvgIpc) is 3.26. The molecule has 0 radical (unpaired) electrons. The third kappa shape index (κ3) is 5.60. The molecule has 6 heteroatoms. The predicted octanol–water partition coefficient (Wildman–Crippen LogP) is 6.07. The number of amides is 1. The largest absolute Gasteiger partial charge is 0.315 e. The number of thiophene rings is 1. The van der Waals surface area contributed by atoms with Crippen LogP contribution in [0.25, 0.3) is 10.8 Å². The Morgan fingerprint density at radius 1 is 1.11 bits per heavy atom. The minimum Gasteiger partial charge on any atom is -0.315 e. The van der Waals surface area contributed by atoms with Gasteiger partial charge in [-0.05, 0) is 52.5 Å². The molecule has 5 rings (SSSR count). The zero-order valence-corrected chi connectivity index (χ0v) is 23.2. The molecular formula is C31H38N4OS. The summed E-state index contributed by atoms with van der Waals surface area (Å²) < 4.78 is 0. The van der Waals surface area contributed by atoms with E-state index in [4.69, 9.17) is 0 Å². The summed E-state index contributed by atoms with van der Waals surface area (Å²) in [7, 11) is 0. The summed E-state index contributed by atoms with van der Waals surface area (Å²) in [4.78, 5) is 19.0. The van der Waals surface area contributed by atoms with Crippen molar-refractivity contribution in [2.24, 2.45) is 11.3 Å². The van der Waals surface area contributed by atoms with E-state index in [1.165, 1.54) is 26.8 Å². The van der Waals surface area contributed by atoms with Crippen LogP contribution in [-0.4, -0.2) is 48.4 Å². The molecule has 1 atom stereocenters. The number of hydrogen-bond acceptors (Lipinski definition) is 5. The van der Waals surface area contributed by atoms with Crippen LogP contribution in [0.15, 0.2) is 42.5 Å². The first-order chi connectivity index (χ1) is 17.9. The van der Waals surface area contributed by atoms with E-state index < -0.39 is 0 Å². The number of nitriles is 1. The molecular weight excluding hydrogens is 476 g/mol. The highest BCUT2D eigenvalue weighted by atomic mass is 32.1. The van der Waals surface area contributed by atoms with Crippen molar-refractivity contribution >= 4 is 33.0 Å². The van der Waals surface area contributed by atoms with Gasteiger partial charge in [0.15, 0.2) is 0 Å². The van der Waals surface area contributed by atoms with E-state index in [0.717, 1.165) is 63.4 Å². The van der Waals surface area contributed by atoms with Crippen LogP contribution in [0.5, 0.6) is 0 Å². The number of piperazine rings is 1. The zero-order valence-electron chi connectivity index (χ0n) is 22.3. The van der Waals surface area contributed by atoms with Gasteiger partial charge < -0.3 is 5.32 Å². The first-order valence-electron chi connectivity index (χ1n) is 13.6. The Hall–Kier alpha value is -2.72. The molecule has 2 aliphatic rings. The lowest BCUT2D eigenvalue weighted by atomic mass is 9.69. The van der Waals surface area contributed by atoms with Gasteiger partial charge in [0.2, 0.25) is 5.91 Å². The summed E-state index contributed by atoms with van der Waals surface area (Å²) in [5.74, 6) is 0.618. The topological polar surface area (TPSA) is 59.4 Å². The first kappa shape index (κ1) is 25.9. The number of carbonyl (C=O) groups excluding carboxylic acids is 1. The van der Waals surface area contributed by atoms with E-state index in [-0.39, 0.29) is 5.91 Å². The maximum atomic E-state index is 13.0. The van der Waals surface area contributed by atoms with Gasteiger partial charge in [-0.15, -0.1) is 11.3 Å². The number of rotatable bonds is 7. The van der Waals surface area contributed by atoms with Gasteiger partial charge >= 0.3 is 0 Å². The molecule has 1 aliphatic heterocycles. The van der Waals surface area contributed by atoms with Gasteiger partial charge in [-0.25, -0.2) is 0 Å². The second-order valence-electron chi connectivity index (χ2n) is 11.3. The predicted molar refractivity (Wildman–Crippen MR) is 153 cm³/mol. The Labute approximate surface area is 225 Å². The summed E-state index contributed by atoms with van der Waals surface area (Å²) in [6, 6.07) is 17.5. The highest BCUT2D eigenvalue weighted by Crippen LogP contribution is 2.45. The second kappa shape index (κ2) is 10.9. The fourth-order valence-electron chi connectivity index (χ4n) is 5.89. The molecule has 0 spiro atoms. The Morgan fingerprint density at radius 2 is 1.84 bits per heavy atom. The normalized spacial score (nSPS) is 18.9. The molecule has 5 nitrogen and oxygen atoms in total. The molecule has 1 unspecified atom stereocenters. The molecule has 3 aromatic rings. The van der Waals surface area contributed by atoms with Gasteiger partial charge in [-0.3, -0.25) is 14.6 Å². The molecule has 0 saturated carbocycles. The van der Waals surface area contributed by atoms with Gasteiger partial charge in [0, 0.05) is 37.6 Å². The van der Waals surface area contributed by atoms with Crippen LogP contribution < -0.4 is 5.32 Å². The van der Waals surface area contributed by atoms with Crippen molar-refractivity contribution in [1.82, 2.24) is 9.80 Å². The Balaban J connectivity index is 1.16. The highest BCUT2D eigenvalue weighted by Gasteiger charge is 2.34. The van der Waals surface area contributed by atoms with Crippen molar-refractivity contribution in [3.8, 4) is 6.07 Å². The smallest absolute Gasteiger partial charge is 0.239 e. The average molecular weight is 515 g/mol. The lowest BCUT2D eigenvalue weighted by molar-refractivity contribution is -0.117. The maximum Gasteiger partial charge on any atom is 0.239 e. The van der Waals surface area contributed by atoms with Crippen molar-refractivity contribution in [3.05, 3.63) is 64.0 Å². The number of benzene rings is 2. The van der Waals surface area contributed by atoms with Crippen LogP contribution in [0.2, 0.25) is 0 Å². The number of nitrogens with zero attached hydrogens (tertiary/aromatic N) is 3. The molecule has 2 aromatic carbocycles. The van der Waals surface area contributed by atoms with Crippen molar-refractivity contribution in [2.45, 2.75) is 53.0 Å². The van der Waals surface area contributed by atoms with Crippen LogP contribution in [-0.2, 0) is 24.2 Å². The van der Waals surface area contributed by atoms with Gasteiger partial charge in [-0.2, -0.15) is 5.26 Å². The Kier molecular flexibility index (Phi) is 7.67. The molecule has 1 amide bonds. The molecule has 1 fully saturated rings. The number of fused-ring (bicyclic) bond motifs is 2. The number of hydrogen-bond donors (Lipinski definition) is 1. The first-order valence-corrected chi connectivity index (χ1v) is 14.5. The van der Waals surface area contributed by atoms with E-state index in [1.807, 2.05) is 0 Å². The van der Waals surface area contributed by atoms with Gasteiger partial charge in [0.05, 0.1) is 12.1 Å². The van der Waals surface area contributed by atoms with E-state index in [9.17, 15) is 10.1 Å². The van der Waals surface area contributed by atoms with E-state index in [1.54, 1.807) is 11.3 Å². The van der Waals surface area contributed by atoms with Crippen molar-refractivity contribution in [2.75, 3.05) is 38.0 Å². The number of nitrogens with one attached hydrogen (secondary N) is 1. The quantitative estimate of drug-likeness (QED) is 0.416. The number of anilines is 1. The summed E-state index contributed by atoms with van der Waals surface area (Å²) in [5, 5.41) is 16.3. The van der Waals surface area contributed by atoms with Crippen LogP contribution in [0.1, 0.15) is 55.2 Å². The van der Waals surface area contributed by atoms with Crippen molar-refractivity contribution in [1.29, 1.82) is 5.26 Å². The minimum absolute atomic E-state index is 0.0111. The third-order valence-electron chi connectivity index (χ3n) is 8.75. The van der Waals surface area contributed by atoms with Crippen LogP contribution >= 0.6 is 11.3 Å². The van der Waals surface area contributed by atoms with E-state index in [2.05, 4.69) is 84.4 Å². The van der Waals surface area contributed by atoms with Gasteiger partial charge in [-0.1, -0.05) is 69.7 Å².